The van der Waals surface area contributed by atoms with Gasteiger partial charge in [-0.15, -0.1) is 0 Å². The van der Waals surface area contributed by atoms with Gasteiger partial charge in [0.25, 0.3) is 0 Å². The summed E-state index contributed by atoms with van der Waals surface area (Å²) in [6.07, 6.45) is 11.6. The van der Waals surface area contributed by atoms with Crippen molar-refractivity contribution in [3.8, 4) is 6.07 Å². The molecule has 4 rings (SSSR count). The van der Waals surface area contributed by atoms with Crippen molar-refractivity contribution in [1.29, 1.82) is 5.26 Å². The van der Waals surface area contributed by atoms with Crippen molar-refractivity contribution in [1.82, 2.24) is 4.90 Å². The molecule has 4 aliphatic carbocycles. The predicted octanol–water partition coefficient (Wildman–Crippen LogP) is 5.21. The van der Waals surface area contributed by atoms with Crippen LogP contribution in [0, 0.1) is 34.5 Å². The lowest BCUT2D eigenvalue weighted by molar-refractivity contribution is 0.0771. The normalized spacial score (nSPS) is 35.4. The largest absolute Gasteiger partial charge is 0.435 e. The molecule has 0 N–H and O–H groups in total. The van der Waals surface area contributed by atoms with Crippen LogP contribution in [0.25, 0.3) is 0 Å². The van der Waals surface area contributed by atoms with E-state index in [1.54, 1.807) is 25.2 Å². The fourth-order valence-corrected chi connectivity index (χ4v) is 6.35. The number of oxime groups is 1. The quantitative estimate of drug-likeness (QED) is 0.487. The van der Waals surface area contributed by atoms with E-state index in [2.05, 4.69) is 24.2 Å². The molecule has 0 saturated heterocycles. The number of hydrogen-bond donors (Lipinski definition) is 0. The molecule has 0 unspecified atom stereocenters. The third-order valence-corrected chi connectivity index (χ3v) is 7.89. The van der Waals surface area contributed by atoms with E-state index >= 15 is 0 Å². The molecule has 4 atom stereocenters. The van der Waals surface area contributed by atoms with Crippen molar-refractivity contribution >= 4 is 11.8 Å². The van der Waals surface area contributed by atoms with E-state index < -0.39 is 6.09 Å². The van der Waals surface area contributed by atoms with E-state index in [9.17, 15) is 10.1 Å². The minimum absolute atomic E-state index is 0.355. The van der Waals surface area contributed by atoms with Crippen LogP contribution in [0.4, 0.5) is 4.79 Å². The Labute approximate surface area is 168 Å². The monoisotopic (exact) mass is 381 g/mol. The molecule has 150 valence electrons. The molecular formula is C23H31N3O2. The standard InChI is InChI=1S/C23H31N3O2/c1-23-12-10-19-18-8-6-17(25-28-22(27)26(2)3)14-15(18)4-7-20(19)21(23)9-5-16(23)11-13-24/h14,16,20-21H,4-12H2,1-3H3/t16-,20+,21-,23+/m0/s1. The van der Waals surface area contributed by atoms with E-state index in [0.29, 0.717) is 17.3 Å². The van der Waals surface area contributed by atoms with Gasteiger partial charge in [0.2, 0.25) is 0 Å². The van der Waals surface area contributed by atoms with Crippen molar-refractivity contribution < 1.29 is 9.63 Å². The summed E-state index contributed by atoms with van der Waals surface area (Å²) < 4.78 is 0. The van der Waals surface area contributed by atoms with Crippen molar-refractivity contribution in [3.63, 3.8) is 0 Å². The molecule has 0 spiro atoms. The first kappa shape index (κ1) is 19.2. The van der Waals surface area contributed by atoms with Crippen LogP contribution in [-0.2, 0) is 4.84 Å². The van der Waals surface area contributed by atoms with Gasteiger partial charge in [-0.2, -0.15) is 5.26 Å². The highest BCUT2D eigenvalue weighted by Crippen LogP contribution is 2.62. The maximum Gasteiger partial charge on any atom is 0.435 e. The van der Waals surface area contributed by atoms with E-state index in [4.69, 9.17) is 4.84 Å². The Morgan fingerprint density at radius 1 is 1.29 bits per heavy atom. The molecule has 0 aromatic carbocycles. The number of amides is 1. The first-order chi connectivity index (χ1) is 13.4. The van der Waals surface area contributed by atoms with Crippen LogP contribution < -0.4 is 0 Å². The number of carbonyl (C=O) groups is 1. The summed E-state index contributed by atoms with van der Waals surface area (Å²) in [6, 6.07) is 2.44. The van der Waals surface area contributed by atoms with E-state index in [1.807, 2.05) is 0 Å². The fourth-order valence-electron chi connectivity index (χ4n) is 6.35. The zero-order chi connectivity index (χ0) is 19.9. The third-order valence-electron chi connectivity index (χ3n) is 7.89. The molecule has 28 heavy (non-hydrogen) atoms. The lowest BCUT2D eigenvalue weighted by Crippen LogP contribution is -2.40. The Kier molecular flexibility index (Phi) is 5.07. The highest BCUT2D eigenvalue weighted by molar-refractivity contribution is 5.97. The van der Waals surface area contributed by atoms with Gasteiger partial charge in [0.1, 0.15) is 0 Å². The highest BCUT2D eigenvalue weighted by atomic mass is 16.7. The van der Waals surface area contributed by atoms with Crippen LogP contribution in [0.15, 0.2) is 28.0 Å². The highest BCUT2D eigenvalue weighted by Gasteiger charge is 2.53. The average molecular weight is 382 g/mol. The van der Waals surface area contributed by atoms with Gasteiger partial charge in [-0.05, 0) is 91.8 Å². The second kappa shape index (κ2) is 7.39. The first-order valence-corrected chi connectivity index (χ1v) is 10.7. The molecular weight excluding hydrogens is 350 g/mol. The molecule has 5 heteroatoms. The number of hydrogen-bond acceptors (Lipinski definition) is 4. The second-order valence-electron chi connectivity index (χ2n) is 9.40. The minimum atomic E-state index is -0.432. The summed E-state index contributed by atoms with van der Waals surface area (Å²) in [5.74, 6) is 2.04. The Morgan fingerprint density at radius 3 is 2.86 bits per heavy atom. The number of rotatable bonds is 2. The van der Waals surface area contributed by atoms with Gasteiger partial charge >= 0.3 is 6.09 Å². The van der Waals surface area contributed by atoms with Crippen molar-refractivity contribution in [2.24, 2.45) is 28.3 Å². The maximum absolute atomic E-state index is 11.6. The van der Waals surface area contributed by atoms with Crippen LogP contribution in [0.2, 0.25) is 0 Å². The van der Waals surface area contributed by atoms with Gasteiger partial charge < -0.3 is 4.90 Å². The average Bonchev–Trinajstić information content (AvgIpc) is 3.02. The second-order valence-corrected chi connectivity index (χ2v) is 9.40. The van der Waals surface area contributed by atoms with E-state index in [1.165, 1.54) is 42.6 Å². The summed E-state index contributed by atoms with van der Waals surface area (Å²) in [5, 5.41) is 13.3. The van der Waals surface area contributed by atoms with Crippen LogP contribution >= 0.6 is 0 Å². The summed E-state index contributed by atoms with van der Waals surface area (Å²) in [5.41, 5.74) is 5.91. The Balaban J connectivity index is 1.55. The third kappa shape index (κ3) is 3.17. The molecule has 0 aromatic rings. The summed E-state index contributed by atoms with van der Waals surface area (Å²) in [4.78, 5) is 18.0. The molecule has 5 nitrogen and oxygen atoms in total. The molecule has 1 amide bonds. The van der Waals surface area contributed by atoms with Gasteiger partial charge in [0.05, 0.1) is 11.8 Å². The number of fused-ring (bicyclic) bond motifs is 4. The molecule has 4 aliphatic rings. The Morgan fingerprint density at radius 2 is 2.11 bits per heavy atom. The summed E-state index contributed by atoms with van der Waals surface area (Å²) in [7, 11) is 3.32. The van der Waals surface area contributed by atoms with E-state index in [-0.39, 0.29) is 0 Å². The van der Waals surface area contributed by atoms with Crippen LogP contribution in [-0.4, -0.2) is 30.8 Å². The zero-order valence-electron chi connectivity index (χ0n) is 17.3. The van der Waals surface area contributed by atoms with Crippen LogP contribution in [0.3, 0.4) is 0 Å². The van der Waals surface area contributed by atoms with Crippen molar-refractivity contribution in [2.45, 2.75) is 64.7 Å². The van der Waals surface area contributed by atoms with Crippen LogP contribution in [0.5, 0.6) is 0 Å². The minimum Gasteiger partial charge on any atom is -0.312 e. The van der Waals surface area contributed by atoms with Crippen molar-refractivity contribution in [2.75, 3.05) is 14.1 Å². The van der Waals surface area contributed by atoms with Gasteiger partial charge in [0, 0.05) is 20.5 Å². The molecule has 2 saturated carbocycles. The van der Waals surface area contributed by atoms with Gasteiger partial charge in [-0.3, -0.25) is 4.84 Å². The molecule has 0 heterocycles. The molecule has 2 fully saturated rings. The van der Waals surface area contributed by atoms with E-state index in [0.717, 1.165) is 37.3 Å². The lowest BCUT2D eigenvalue weighted by atomic mass is 9.56. The zero-order valence-corrected chi connectivity index (χ0v) is 17.3. The molecule has 0 bridgehead atoms. The molecule has 0 aromatic heterocycles. The molecule has 0 aliphatic heterocycles. The van der Waals surface area contributed by atoms with Gasteiger partial charge in [-0.25, -0.2) is 4.79 Å². The Bertz CT molecular complexity index is 801. The predicted molar refractivity (Wildman–Crippen MR) is 108 cm³/mol. The smallest absolute Gasteiger partial charge is 0.312 e. The number of carbonyl (C=O) groups excluding carboxylic acids is 1. The topological polar surface area (TPSA) is 65.7 Å². The SMILES string of the molecule is CN(C)C(=O)ON=C1C=C2CC[C@@H]3C(=C2CC1)CC[C@]1(C)[C@H](CC#N)CC[C@@H]31. The Hall–Kier alpha value is -2.09. The number of nitrogens with zero attached hydrogens (tertiary/aromatic N) is 3. The number of allylic oxidation sites excluding steroid dienone is 4. The van der Waals surface area contributed by atoms with Crippen LogP contribution in [0.1, 0.15) is 64.7 Å². The maximum atomic E-state index is 11.6. The van der Waals surface area contributed by atoms with Crippen molar-refractivity contribution in [3.05, 3.63) is 22.8 Å². The van der Waals surface area contributed by atoms with Gasteiger partial charge in [-0.1, -0.05) is 17.7 Å². The van der Waals surface area contributed by atoms with Gasteiger partial charge in [0.15, 0.2) is 0 Å². The number of nitriles is 1. The lowest BCUT2D eigenvalue weighted by Gasteiger charge is -2.49. The first-order valence-electron chi connectivity index (χ1n) is 10.7. The summed E-state index contributed by atoms with van der Waals surface area (Å²) >= 11 is 0. The summed E-state index contributed by atoms with van der Waals surface area (Å²) in [6.45, 7) is 2.46. The fraction of sp³-hybridized carbons (Fsp3) is 0.696. The molecule has 0 radical (unpaired) electrons.